The largest absolute Gasteiger partial charge is 0.437 e. The van der Waals surface area contributed by atoms with Crippen LogP contribution in [0.25, 0.3) is 0 Å². The first-order valence-corrected chi connectivity index (χ1v) is 12.6. The molecular weight excluding hydrogens is 472 g/mol. The average Bonchev–Trinajstić information content (AvgIpc) is 2.94. The van der Waals surface area contributed by atoms with Crippen molar-refractivity contribution < 1.29 is 14.3 Å². The predicted octanol–water partition coefficient (Wildman–Crippen LogP) is 5.19. The lowest BCUT2D eigenvalue weighted by Gasteiger charge is -2.28. The summed E-state index contributed by atoms with van der Waals surface area (Å²) in [6.45, 7) is 3.74. The number of anilines is 1. The van der Waals surface area contributed by atoms with E-state index in [2.05, 4.69) is 44.5 Å². The number of nitrogens with zero attached hydrogens (tertiary/aromatic N) is 3. The van der Waals surface area contributed by atoms with E-state index < -0.39 is 0 Å². The van der Waals surface area contributed by atoms with Crippen LogP contribution in [0.5, 0.6) is 11.6 Å². The van der Waals surface area contributed by atoms with Gasteiger partial charge in [0.15, 0.2) is 5.03 Å². The number of benzene rings is 3. The Morgan fingerprint density at radius 3 is 2.44 bits per heavy atom. The van der Waals surface area contributed by atoms with Crippen LogP contribution in [0, 0.1) is 0 Å². The maximum absolute atomic E-state index is 13.1. The molecule has 3 aromatic carbocycles. The summed E-state index contributed by atoms with van der Waals surface area (Å²) in [5, 5.41) is 3.63. The molecule has 1 saturated heterocycles. The Kier molecular flexibility index (Phi) is 7.75. The standard InChI is InChI=1S/C28H26N4O3S/c33-26(31-20-21-10-12-22(13-11-21)32-16-18-34-19-17-32)24-8-4-5-9-25(24)36-28-27(29-14-15-30-28)35-23-6-2-1-3-7-23/h1-15H,16-20H2,(H,31,33). The van der Waals surface area contributed by atoms with Crippen LogP contribution >= 0.6 is 11.8 Å². The van der Waals surface area contributed by atoms with Gasteiger partial charge in [-0.2, -0.15) is 0 Å². The first kappa shape index (κ1) is 23.8. The van der Waals surface area contributed by atoms with E-state index in [1.165, 1.54) is 17.4 Å². The van der Waals surface area contributed by atoms with Crippen molar-refractivity contribution in [2.75, 3.05) is 31.2 Å². The molecule has 1 aliphatic heterocycles. The minimum atomic E-state index is -0.148. The van der Waals surface area contributed by atoms with Gasteiger partial charge in [0.05, 0.1) is 18.8 Å². The fourth-order valence-corrected chi connectivity index (χ4v) is 4.74. The van der Waals surface area contributed by atoms with Crippen LogP contribution in [-0.4, -0.2) is 42.2 Å². The highest BCUT2D eigenvalue weighted by atomic mass is 32.2. The van der Waals surface area contributed by atoms with E-state index in [0.717, 1.165) is 36.8 Å². The lowest BCUT2D eigenvalue weighted by atomic mass is 10.1. The van der Waals surface area contributed by atoms with Crippen molar-refractivity contribution in [3.63, 3.8) is 0 Å². The molecule has 36 heavy (non-hydrogen) atoms. The number of carbonyl (C=O) groups is 1. The van der Waals surface area contributed by atoms with Crippen LogP contribution in [0.2, 0.25) is 0 Å². The number of hydrogen-bond donors (Lipinski definition) is 1. The van der Waals surface area contributed by atoms with Crippen molar-refractivity contribution in [3.8, 4) is 11.6 Å². The zero-order chi connectivity index (χ0) is 24.6. The van der Waals surface area contributed by atoms with Gasteiger partial charge in [-0.3, -0.25) is 4.79 Å². The summed E-state index contributed by atoms with van der Waals surface area (Å²) in [6.07, 6.45) is 3.20. The highest BCUT2D eigenvalue weighted by Gasteiger charge is 2.16. The number of aromatic nitrogens is 2. The normalized spacial score (nSPS) is 13.3. The van der Waals surface area contributed by atoms with Gasteiger partial charge >= 0.3 is 0 Å². The lowest BCUT2D eigenvalue weighted by Crippen LogP contribution is -2.36. The summed E-state index contributed by atoms with van der Waals surface area (Å²) in [5.74, 6) is 0.916. The Bertz CT molecular complexity index is 1300. The molecule has 7 nitrogen and oxygen atoms in total. The quantitative estimate of drug-likeness (QED) is 0.358. The zero-order valence-corrected chi connectivity index (χ0v) is 20.5. The van der Waals surface area contributed by atoms with E-state index in [1.54, 1.807) is 12.4 Å². The minimum Gasteiger partial charge on any atom is -0.437 e. The van der Waals surface area contributed by atoms with Crippen molar-refractivity contribution in [1.82, 2.24) is 15.3 Å². The van der Waals surface area contributed by atoms with Gasteiger partial charge in [-0.15, -0.1) is 0 Å². The van der Waals surface area contributed by atoms with Crippen molar-refractivity contribution >= 4 is 23.4 Å². The Morgan fingerprint density at radius 2 is 1.64 bits per heavy atom. The number of carbonyl (C=O) groups excluding carboxylic acids is 1. The molecule has 1 N–H and O–H groups in total. The Morgan fingerprint density at radius 1 is 0.917 bits per heavy atom. The van der Waals surface area contributed by atoms with Gasteiger partial charge < -0.3 is 19.7 Å². The van der Waals surface area contributed by atoms with E-state index in [-0.39, 0.29) is 5.91 Å². The third-order valence-corrected chi connectivity index (χ3v) is 6.74. The minimum absolute atomic E-state index is 0.148. The predicted molar refractivity (Wildman–Crippen MR) is 140 cm³/mol. The number of rotatable bonds is 8. The van der Waals surface area contributed by atoms with Crippen LogP contribution in [-0.2, 0) is 11.3 Å². The molecule has 1 amide bonds. The molecule has 0 bridgehead atoms. The fraction of sp³-hybridized carbons (Fsp3) is 0.179. The van der Waals surface area contributed by atoms with Crippen LogP contribution < -0.4 is 15.0 Å². The van der Waals surface area contributed by atoms with Gasteiger partial charge in [0, 0.05) is 42.6 Å². The van der Waals surface area contributed by atoms with Gasteiger partial charge in [0.25, 0.3) is 11.8 Å². The molecule has 2 heterocycles. The second kappa shape index (κ2) is 11.7. The fourth-order valence-electron chi connectivity index (χ4n) is 3.82. The molecule has 1 fully saturated rings. The van der Waals surface area contributed by atoms with Crippen molar-refractivity contribution in [2.45, 2.75) is 16.5 Å². The molecule has 4 aromatic rings. The summed E-state index contributed by atoms with van der Waals surface area (Å²) in [4.78, 5) is 25.0. The first-order chi connectivity index (χ1) is 17.8. The van der Waals surface area contributed by atoms with Gasteiger partial charge in [0.2, 0.25) is 0 Å². The average molecular weight is 499 g/mol. The number of para-hydroxylation sites is 1. The monoisotopic (exact) mass is 498 g/mol. The zero-order valence-electron chi connectivity index (χ0n) is 19.7. The lowest BCUT2D eigenvalue weighted by molar-refractivity contribution is 0.0948. The second-order valence-corrected chi connectivity index (χ2v) is 9.16. The summed E-state index contributed by atoms with van der Waals surface area (Å²) in [5.41, 5.74) is 2.79. The maximum atomic E-state index is 13.1. The smallest absolute Gasteiger partial charge is 0.252 e. The molecule has 0 spiro atoms. The molecule has 8 heteroatoms. The number of nitrogens with one attached hydrogen (secondary N) is 1. The molecule has 1 aliphatic rings. The van der Waals surface area contributed by atoms with Gasteiger partial charge in [-0.25, -0.2) is 9.97 Å². The first-order valence-electron chi connectivity index (χ1n) is 11.8. The van der Waals surface area contributed by atoms with E-state index in [1.807, 2.05) is 54.6 Å². The van der Waals surface area contributed by atoms with Gasteiger partial charge in [0.1, 0.15) is 5.75 Å². The van der Waals surface area contributed by atoms with E-state index in [0.29, 0.717) is 28.8 Å². The molecule has 0 aliphatic carbocycles. The molecule has 182 valence electrons. The van der Waals surface area contributed by atoms with E-state index >= 15 is 0 Å². The maximum Gasteiger partial charge on any atom is 0.252 e. The second-order valence-electron chi connectivity index (χ2n) is 8.13. The summed E-state index contributed by atoms with van der Waals surface area (Å²) in [7, 11) is 0. The highest BCUT2D eigenvalue weighted by molar-refractivity contribution is 7.99. The van der Waals surface area contributed by atoms with Crippen molar-refractivity contribution in [2.24, 2.45) is 0 Å². The molecular formula is C28H26N4O3S. The number of ether oxygens (including phenoxy) is 2. The van der Waals surface area contributed by atoms with Crippen LogP contribution in [0.3, 0.4) is 0 Å². The van der Waals surface area contributed by atoms with Crippen LogP contribution in [0.1, 0.15) is 15.9 Å². The molecule has 0 atom stereocenters. The molecule has 0 radical (unpaired) electrons. The summed E-state index contributed by atoms with van der Waals surface area (Å²) in [6, 6.07) is 25.2. The van der Waals surface area contributed by atoms with Crippen molar-refractivity contribution in [3.05, 3.63) is 102 Å². The Labute approximate surface area is 214 Å². The Balaban J connectivity index is 1.25. The molecule has 0 saturated carbocycles. The summed E-state index contributed by atoms with van der Waals surface area (Å²) >= 11 is 1.35. The van der Waals surface area contributed by atoms with Crippen LogP contribution in [0.4, 0.5) is 5.69 Å². The number of morpholine rings is 1. The topological polar surface area (TPSA) is 76.6 Å². The SMILES string of the molecule is O=C(NCc1ccc(N2CCOCC2)cc1)c1ccccc1Sc1nccnc1Oc1ccccc1. The van der Waals surface area contributed by atoms with E-state index in [9.17, 15) is 4.79 Å². The Hall–Kier alpha value is -3.88. The number of hydrogen-bond acceptors (Lipinski definition) is 7. The molecule has 0 unspecified atom stereocenters. The third-order valence-electron chi connectivity index (χ3n) is 5.69. The van der Waals surface area contributed by atoms with E-state index in [4.69, 9.17) is 9.47 Å². The molecule has 5 rings (SSSR count). The van der Waals surface area contributed by atoms with Crippen LogP contribution in [0.15, 0.2) is 101 Å². The number of amides is 1. The third kappa shape index (κ3) is 6.02. The molecule has 1 aromatic heterocycles. The van der Waals surface area contributed by atoms with Gasteiger partial charge in [-0.05, 0) is 42.0 Å². The van der Waals surface area contributed by atoms with Crippen molar-refractivity contribution in [1.29, 1.82) is 0 Å². The van der Waals surface area contributed by atoms with Gasteiger partial charge in [-0.1, -0.05) is 54.2 Å². The highest BCUT2D eigenvalue weighted by Crippen LogP contribution is 2.35. The summed E-state index contributed by atoms with van der Waals surface area (Å²) < 4.78 is 11.4.